The van der Waals surface area contributed by atoms with E-state index >= 15 is 0 Å². The summed E-state index contributed by atoms with van der Waals surface area (Å²) in [6.45, 7) is 0. The van der Waals surface area contributed by atoms with Gasteiger partial charge < -0.3 is 10.1 Å². The van der Waals surface area contributed by atoms with Gasteiger partial charge in [0.1, 0.15) is 23.2 Å². The van der Waals surface area contributed by atoms with Crippen LogP contribution in [0.1, 0.15) is 15.9 Å². The molecule has 3 aromatic rings. The van der Waals surface area contributed by atoms with Crippen LogP contribution in [0, 0.1) is 17.1 Å². The van der Waals surface area contributed by atoms with E-state index in [-0.39, 0.29) is 32.6 Å². The van der Waals surface area contributed by atoms with Gasteiger partial charge in [0.15, 0.2) is 0 Å². The van der Waals surface area contributed by atoms with Gasteiger partial charge in [-0.3, -0.25) is 4.79 Å². The summed E-state index contributed by atoms with van der Waals surface area (Å²) in [5.41, 5.74) is 0.549. The number of esters is 1. The minimum Gasteiger partial charge on any atom is -0.423 e. The lowest BCUT2D eigenvalue weighted by Gasteiger charge is -2.08. The molecule has 0 aromatic heterocycles. The van der Waals surface area contributed by atoms with E-state index in [4.69, 9.17) is 27.9 Å². The third-order valence-corrected chi connectivity index (χ3v) is 4.82. The lowest BCUT2D eigenvalue weighted by molar-refractivity contribution is -0.112. The van der Waals surface area contributed by atoms with Crippen LogP contribution < -0.4 is 10.1 Å². The van der Waals surface area contributed by atoms with Gasteiger partial charge >= 0.3 is 5.97 Å². The number of nitrogens with one attached hydrogen (secondary N) is 1. The van der Waals surface area contributed by atoms with Crippen molar-refractivity contribution in [3.05, 3.63) is 99.3 Å². The first-order chi connectivity index (χ1) is 14.9. The molecule has 0 saturated heterocycles. The normalized spacial score (nSPS) is 10.8. The third kappa shape index (κ3) is 5.70. The first-order valence-corrected chi connectivity index (χ1v) is 9.58. The van der Waals surface area contributed by atoms with Crippen molar-refractivity contribution in [2.75, 3.05) is 5.32 Å². The molecule has 0 fully saturated rings. The molecule has 31 heavy (non-hydrogen) atoms. The Morgan fingerprint density at radius 3 is 2.52 bits per heavy atom. The second kappa shape index (κ2) is 9.90. The number of halogens is 3. The maximum Gasteiger partial charge on any atom is 0.343 e. The van der Waals surface area contributed by atoms with Crippen LogP contribution in [-0.4, -0.2) is 11.9 Å². The molecule has 0 aliphatic heterocycles. The first-order valence-electron chi connectivity index (χ1n) is 8.82. The number of benzene rings is 3. The van der Waals surface area contributed by atoms with E-state index in [1.807, 2.05) is 6.07 Å². The summed E-state index contributed by atoms with van der Waals surface area (Å²) in [4.78, 5) is 24.6. The zero-order chi connectivity index (χ0) is 22.4. The summed E-state index contributed by atoms with van der Waals surface area (Å²) in [5, 5.41) is 12.3. The molecule has 0 unspecified atom stereocenters. The highest BCUT2D eigenvalue weighted by Gasteiger charge is 2.14. The molecule has 0 spiro atoms. The molecule has 0 bridgehead atoms. The van der Waals surface area contributed by atoms with Crippen LogP contribution in [0.3, 0.4) is 0 Å². The van der Waals surface area contributed by atoms with Crippen molar-refractivity contribution in [2.24, 2.45) is 0 Å². The highest BCUT2D eigenvalue weighted by molar-refractivity contribution is 6.44. The number of hydrogen-bond acceptors (Lipinski definition) is 4. The number of nitriles is 1. The molecule has 0 radical (unpaired) electrons. The Morgan fingerprint density at radius 1 is 1.03 bits per heavy atom. The zero-order valence-corrected chi connectivity index (χ0v) is 17.2. The molecule has 0 heterocycles. The molecule has 0 aliphatic carbocycles. The van der Waals surface area contributed by atoms with Crippen LogP contribution in [0.15, 0.2) is 72.3 Å². The third-order valence-electron chi connectivity index (χ3n) is 4.00. The fourth-order valence-electron chi connectivity index (χ4n) is 2.55. The number of hydrogen-bond donors (Lipinski definition) is 1. The molecule has 0 aliphatic rings. The van der Waals surface area contributed by atoms with Crippen molar-refractivity contribution >= 4 is 46.8 Å². The van der Waals surface area contributed by atoms with Crippen molar-refractivity contribution in [1.82, 2.24) is 0 Å². The Morgan fingerprint density at radius 2 is 1.77 bits per heavy atom. The van der Waals surface area contributed by atoms with Crippen LogP contribution in [-0.2, 0) is 4.79 Å². The maximum absolute atomic E-state index is 13.3. The van der Waals surface area contributed by atoms with Gasteiger partial charge in [0, 0.05) is 0 Å². The number of amides is 1. The number of anilines is 1. The average molecular weight is 455 g/mol. The number of rotatable bonds is 5. The van der Waals surface area contributed by atoms with Crippen LogP contribution >= 0.6 is 23.2 Å². The summed E-state index contributed by atoms with van der Waals surface area (Å²) < 4.78 is 18.5. The van der Waals surface area contributed by atoms with E-state index in [1.54, 1.807) is 30.3 Å². The van der Waals surface area contributed by atoms with E-state index in [0.29, 0.717) is 5.56 Å². The Labute approximate surface area is 187 Å². The summed E-state index contributed by atoms with van der Waals surface area (Å²) >= 11 is 12.0. The molecule has 3 rings (SSSR count). The molecule has 0 saturated carbocycles. The highest BCUT2D eigenvalue weighted by atomic mass is 35.5. The molecule has 1 amide bonds. The van der Waals surface area contributed by atoms with E-state index in [9.17, 15) is 19.2 Å². The van der Waals surface area contributed by atoms with Gasteiger partial charge in [0.25, 0.3) is 5.91 Å². The van der Waals surface area contributed by atoms with Crippen LogP contribution in [0.5, 0.6) is 5.75 Å². The van der Waals surface area contributed by atoms with Crippen molar-refractivity contribution in [3.63, 3.8) is 0 Å². The van der Waals surface area contributed by atoms with E-state index in [2.05, 4.69) is 5.32 Å². The van der Waals surface area contributed by atoms with Crippen molar-refractivity contribution in [3.8, 4) is 11.8 Å². The van der Waals surface area contributed by atoms with Gasteiger partial charge in [-0.15, -0.1) is 0 Å². The molecule has 154 valence electrons. The van der Waals surface area contributed by atoms with Crippen LogP contribution in [0.25, 0.3) is 6.08 Å². The highest BCUT2D eigenvalue weighted by Crippen LogP contribution is 2.30. The quantitative estimate of drug-likeness (QED) is 0.225. The minimum absolute atomic E-state index is 0.0523. The predicted molar refractivity (Wildman–Crippen MR) is 116 cm³/mol. The van der Waals surface area contributed by atoms with E-state index in [1.165, 1.54) is 36.4 Å². The van der Waals surface area contributed by atoms with Crippen LogP contribution in [0.2, 0.25) is 10.0 Å². The Balaban J connectivity index is 1.78. The van der Waals surface area contributed by atoms with Gasteiger partial charge in [-0.1, -0.05) is 47.5 Å². The van der Waals surface area contributed by atoms with E-state index < -0.39 is 17.7 Å². The number of nitrogens with zero attached hydrogens (tertiary/aromatic N) is 1. The molecule has 8 heteroatoms. The van der Waals surface area contributed by atoms with Crippen molar-refractivity contribution < 1.29 is 18.7 Å². The molecule has 0 atom stereocenters. The Hall–Kier alpha value is -3.66. The van der Waals surface area contributed by atoms with Gasteiger partial charge in [-0.25, -0.2) is 9.18 Å². The fraction of sp³-hybridized carbons (Fsp3) is 0. The average Bonchev–Trinajstić information content (AvgIpc) is 2.75. The largest absolute Gasteiger partial charge is 0.423 e. The van der Waals surface area contributed by atoms with Gasteiger partial charge in [0.2, 0.25) is 0 Å². The standard InChI is InChI=1S/C23H13Cl2FN2O3/c24-19-8-3-9-20(21(19)25)28-22(29)16(13-27)10-14-4-1-7-18(11-14)31-23(30)15-5-2-6-17(26)12-15/h1-12H,(H,28,29)/b16-10+. The SMILES string of the molecule is N#C/C(=C\c1cccc(OC(=O)c2cccc(F)c2)c1)C(=O)Nc1cccc(Cl)c1Cl. The minimum atomic E-state index is -0.741. The smallest absolute Gasteiger partial charge is 0.343 e. The summed E-state index contributed by atoms with van der Waals surface area (Å²) in [5.74, 6) is -1.82. The molecule has 3 aromatic carbocycles. The number of ether oxygens (including phenoxy) is 1. The Bertz CT molecular complexity index is 1240. The second-order valence-corrected chi connectivity index (χ2v) is 6.98. The number of carbonyl (C=O) groups is 2. The van der Waals surface area contributed by atoms with Gasteiger partial charge in [-0.2, -0.15) is 5.26 Å². The number of carbonyl (C=O) groups excluding carboxylic acids is 2. The maximum atomic E-state index is 13.3. The fourth-order valence-corrected chi connectivity index (χ4v) is 2.90. The summed E-state index contributed by atoms with van der Waals surface area (Å²) in [7, 11) is 0. The monoisotopic (exact) mass is 454 g/mol. The van der Waals surface area contributed by atoms with E-state index in [0.717, 1.165) is 6.07 Å². The van der Waals surface area contributed by atoms with Gasteiger partial charge in [-0.05, 0) is 54.1 Å². The molecular weight excluding hydrogens is 442 g/mol. The predicted octanol–water partition coefficient (Wildman–Crippen LogP) is 5.90. The molecular formula is C23H13Cl2FN2O3. The van der Waals surface area contributed by atoms with Crippen molar-refractivity contribution in [2.45, 2.75) is 0 Å². The second-order valence-electron chi connectivity index (χ2n) is 6.20. The first kappa shape index (κ1) is 22.0. The summed E-state index contributed by atoms with van der Waals surface area (Å²) in [6.07, 6.45) is 1.33. The Kier molecular flexibility index (Phi) is 7.03. The van der Waals surface area contributed by atoms with Crippen molar-refractivity contribution in [1.29, 1.82) is 5.26 Å². The topological polar surface area (TPSA) is 79.2 Å². The molecule has 1 N–H and O–H groups in total. The van der Waals surface area contributed by atoms with Gasteiger partial charge in [0.05, 0.1) is 21.3 Å². The zero-order valence-electron chi connectivity index (χ0n) is 15.7. The van der Waals surface area contributed by atoms with Crippen LogP contribution in [0.4, 0.5) is 10.1 Å². The lowest BCUT2D eigenvalue weighted by Crippen LogP contribution is -2.13. The molecule has 5 nitrogen and oxygen atoms in total. The summed E-state index contributed by atoms with van der Waals surface area (Å²) in [6, 6.07) is 17.8. The lowest BCUT2D eigenvalue weighted by atomic mass is 10.1.